The number of hydrogen-bond donors (Lipinski definition) is 1. The number of likely N-dealkylation sites (tertiary alicyclic amines) is 1. The molecule has 1 N–H and O–H groups in total. The minimum atomic E-state index is -0.993. The summed E-state index contributed by atoms with van der Waals surface area (Å²) in [5, 5.41) is 15.6. The molecule has 1 saturated heterocycles. The Bertz CT molecular complexity index is 888. The van der Waals surface area contributed by atoms with Gasteiger partial charge in [-0.05, 0) is 39.5 Å². The maximum Gasteiger partial charge on any atom is 0.264 e. The highest BCUT2D eigenvalue weighted by molar-refractivity contribution is 5.81. The lowest BCUT2D eigenvalue weighted by Gasteiger charge is -2.38. The van der Waals surface area contributed by atoms with Crippen LogP contribution in [-0.2, 0) is 11.3 Å². The van der Waals surface area contributed by atoms with Crippen LogP contribution < -0.4 is 5.56 Å². The minimum absolute atomic E-state index is 0.118. The van der Waals surface area contributed by atoms with Gasteiger partial charge in [0.1, 0.15) is 11.7 Å². The van der Waals surface area contributed by atoms with Gasteiger partial charge in [0.15, 0.2) is 5.65 Å². The van der Waals surface area contributed by atoms with Crippen LogP contribution in [0.3, 0.4) is 0 Å². The van der Waals surface area contributed by atoms with Gasteiger partial charge < -0.3 is 10.0 Å². The molecule has 3 heterocycles. The van der Waals surface area contributed by atoms with Crippen LogP contribution in [0.5, 0.6) is 0 Å². The Balaban J connectivity index is 1.51. The standard InChI is InChI=1S/C18H25N5O3/c1-12(2)23-15-14(9-20-23)17(25)22(11-19-15)10-18(26)5-7-21(8-6-18)16(24)13-3-4-13/h9,11-13,26H,3-8,10H2,1-2H3. The molecule has 0 spiro atoms. The summed E-state index contributed by atoms with van der Waals surface area (Å²) in [6.07, 6.45) is 5.96. The number of hydrogen-bond acceptors (Lipinski definition) is 5. The monoisotopic (exact) mass is 359 g/mol. The number of carbonyl (C=O) groups is 1. The molecule has 2 fully saturated rings. The Morgan fingerprint density at radius 3 is 2.65 bits per heavy atom. The van der Waals surface area contributed by atoms with Crippen LogP contribution in [-0.4, -0.2) is 53.9 Å². The molecule has 0 atom stereocenters. The van der Waals surface area contributed by atoms with Crippen LogP contribution >= 0.6 is 0 Å². The van der Waals surface area contributed by atoms with E-state index in [1.807, 2.05) is 18.7 Å². The first-order chi connectivity index (χ1) is 12.4. The number of amides is 1. The summed E-state index contributed by atoms with van der Waals surface area (Å²) in [5.74, 6) is 0.418. The summed E-state index contributed by atoms with van der Waals surface area (Å²) in [6, 6.07) is 0.118. The summed E-state index contributed by atoms with van der Waals surface area (Å²) >= 11 is 0. The van der Waals surface area contributed by atoms with E-state index in [9.17, 15) is 14.7 Å². The Kier molecular flexibility index (Phi) is 4.10. The third kappa shape index (κ3) is 3.02. The normalized spacial score (nSPS) is 20.1. The lowest BCUT2D eigenvalue weighted by Crippen LogP contribution is -2.50. The van der Waals surface area contributed by atoms with Crippen LogP contribution in [0.15, 0.2) is 17.3 Å². The van der Waals surface area contributed by atoms with Crippen molar-refractivity contribution < 1.29 is 9.90 Å². The number of aromatic nitrogens is 4. The Morgan fingerprint density at radius 1 is 1.35 bits per heavy atom. The van der Waals surface area contributed by atoms with E-state index >= 15 is 0 Å². The number of piperidine rings is 1. The predicted octanol–water partition coefficient (Wildman–Crippen LogP) is 0.937. The molecule has 2 aromatic rings. The molecule has 1 amide bonds. The molecule has 8 heteroatoms. The largest absolute Gasteiger partial charge is 0.388 e. The Labute approximate surface area is 151 Å². The minimum Gasteiger partial charge on any atom is -0.388 e. The zero-order valence-corrected chi connectivity index (χ0v) is 15.3. The highest BCUT2D eigenvalue weighted by atomic mass is 16.3. The fourth-order valence-corrected chi connectivity index (χ4v) is 3.66. The van der Waals surface area contributed by atoms with Gasteiger partial charge in [0.2, 0.25) is 5.91 Å². The van der Waals surface area contributed by atoms with E-state index in [4.69, 9.17) is 0 Å². The van der Waals surface area contributed by atoms with Gasteiger partial charge in [-0.2, -0.15) is 5.10 Å². The zero-order chi connectivity index (χ0) is 18.5. The molecule has 4 rings (SSSR count). The summed E-state index contributed by atoms with van der Waals surface area (Å²) < 4.78 is 3.19. The van der Waals surface area contributed by atoms with E-state index in [1.165, 1.54) is 10.9 Å². The van der Waals surface area contributed by atoms with E-state index in [1.54, 1.807) is 10.9 Å². The predicted molar refractivity (Wildman–Crippen MR) is 95.7 cm³/mol. The number of rotatable bonds is 4. The second-order valence-corrected chi connectivity index (χ2v) is 7.92. The topological polar surface area (TPSA) is 93.2 Å². The first-order valence-electron chi connectivity index (χ1n) is 9.32. The zero-order valence-electron chi connectivity index (χ0n) is 15.3. The lowest BCUT2D eigenvalue weighted by molar-refractivity contribution is -0.137. The highest BCUT2D eigenvalue weighted by Gasteiger charge is 2.39. The second-order valence-electron chi connectivity index (χ2n) is 7.92. The van der Waals surface area contributed by atoms with Crippen LogP contribution in [0.2, 0.25) is 0 Å². The van der Waals surface area contributed by atoms with Crippen molar-refractivity contribution in [2.45, 2.75) is 57.7 Å². The molecule has 0 unspecified atom stereocenters. The number of nitrogens with zero attached hydrogens (tertiary/aromatic N) is 5. The van der Waals surface area contributed by atoms with Crippen LogP contribution in [0, 0.1) is 5.92 Å². The van der Waals surface area contributed by atoms with Crippen molar-refractivity contribution in [3.8, 4) is 0 Å². The van der Waals surface area contributed by atoms with E-state index in [-0.39, 0.29) is 30.0 Å². The van der Waals surface area contributed by atoms with Crippen molar-refractivity contribution in [2.75, 3.05) is 13.1 Å². The molecule has 140 valence electrons. The molecule has 0 radical (unpaired) electrons. The van der Waals surface area contributed by atoms with Crippen LogP contribution in [0.1, 0.15) is 45.6 Å². The van der Waals surface area contributed by atoms with Gasteiger partial charge in [0, 0.05) is 25.0 Å². The van der Waals surface area contributed by atoms with E-state index in [0.717, 1.165) is 12.8 Å². The number of fused-ring (bicyclic) bond motifs is 1. The van der Waals surface area contributed by atoms with Crippen molar-refractivity contribution in [1.29, 1.82) is 0 Å². The summed E-state index contributed by atoms with van der Waals surface area (Å²) in [7, 11) is 0. The molecule has 26 heavy (non-hydrogen) atoms. The van der Waals surface area contributed by atoms with Gasteiger partial charge in [-0.3, -0.25) is 14.2 Å². The summed E-state index contributed by atoms with van der Waals surface area (Å²) in [5.41, 5.74) is -0.613. The van der Waals surface area contributed by atoms with Crippen LogP contribution in [0.4, 0.5) is 0 Å². The van der Waals surface area contributed by atoms with Crippen molar-refractivity contribution in [2.24, 2.45) is 5.92 Å². The lowest BCUT2D eigenvalue weighted by atomic mass is 9.91. The van der Waals surface area contributed by atoms with Gasteiger partial charge >= 0.3 is 0 Å². The summed E-state index contributed by atoms with van der Waals surface area (Å²) in [4.78, 5) is 31.1. The maximum absolute atomic E-state index is 12.7. The third-order valence-corrected chi connectivity index (χ3v) is 5.47. The summed E-state index contributed by atoms with van der Waals surface area (Å²) in [6.45, 7) is 5.24. The fourth-order valence-electron chi connectivity index (χ4n) is 3.66. The average Bonchev–Trinajstić information content (AvgIpc) is 3.36. The molecule has 2 aliphatic rings. The van der Waals surface area contributed by atoms with Crippen molar-refractivity contribution in [1.82, 2.24) is 24.2 Å². The molecule has 1 saturated carbocycles. The second kappa shape index (κ2) is 6.19. The van der Waals surface area contributed by atoms with E-state index < -0.39 is 5.60 Å². The van der Waals surface area contributed by atoms with E-state index in [0.29, 0.717) is 37.0 Å². The van der Waals surface area contributed by atoms with Crippen molar-refractivity contribution in [3.05, 3.63) is 22.9 Å². The highest BCUT2D eigenvalue weighted by Crippen LogP contribution is 2.33. The van der Waals surface area contributed by atoms with Gasteiger partial charge in [0.05, 0.1) is 18.3 Å². The quantitative estimate of drug-likeness (QED) is 0.877. The Morgan fingerprint density at radius 2 is 2.04 bits per heavy atom. The Hall–Kier alpha value is -2.22. The molecular formula is C18H25N5O3. The van der Waals surface area contributed by atoms with Gasteiger partial charge in [-0.25, -0.2) is 9.67 Å². The van der Waals surface area contributed by atoms with Crippen molar-refractivity contribution >= 4 is 16.9 Å². The third-order valence-electron chi connectivity index (χ3n) is 5.47. The van der Waals surface area contributed by atoms with Gasteiger partial charge in [-0.15, -0.1) is 0 Å². The molecule has 0 bridgehead atoms. The first kappa shape index (κ1) is 17.2. The van der Waals surface area contributed by atoms with E-state index in [2.05, 4.69) is 10.1 Å². The number of aliphatic hydroxyl groups is 1. The molecule has 0 aromatic carbocycles. The first-order valence-corrected chi connectivity index (χ1v) is 9.32. The van der Waals surface area contributed by atoms with Gasteiger partial charge in [0.25, 0.3) is 5.56 Å². The average molecular weight is 359 g/mol. The molecule has 1 aliphatic heterocycles. The maximum atomic E-state index is 12.7. The number of carbonyl (C=O) groups excluding carboxylic acids is 1. The SMILES string of the molecule is CC(C)n1ncc2c(=O)n(CC3(O)CCN(C(=O)C4CC4)CC3)cnc21. The van der Waals surface area contributed by atoms with Crippen molar-refractivity contribution in [3.63, 3.8) is 0 Å². The molecule has 1 aliphatic carbocycles. The molecule has 8 nitrogen and oxygen atoms in total. The van der Waals surface area contributed by atoms with Gasteiger partial charge in [-0.1, -0.05) is 0 Å². The fraction of sp³-hybridized carbons (Fsp3) is 0.667. The molecular weight excluding hydrogens is 334 g/mol. The van der Waals surface area contributed by atoms with Crippen LogP contribution in [0.25, 0.3) is 11.0 Å². The smallest absolute Gasteiger partial charge is 0.264 e. The molecule has 2 aromatic heterocycles.